The van der Waals surface area contributed by atoms with Crippen molar-refractivity contribution < 1.29 is 19.1 Å². The maximum atomic E-state index is 12.2. The summed E-state index contributed by atoms with van der Waals surface area (Å²) in [5, 5.41) is 6.99. The van der Waals surface area contributed by atoms with Crippen LogP contribution in [0.15, 0.2) is 29.4 Å². The molecule has 0 aliphatic carbocycles. The van der Waals surface area contributed by atoms with E-state index in [9.17, 15) is 4.79 Å². The summed E-state index contributed by atoms with van der Waals surface area (Å²) in [5.74, 6) is 0.602. The molecule has 0 spiro atoms. The average molecular weight is 333 g/mol. The van der Waals surface area contributed by atoms with Gasteiger partial charge in [0.15, 0.2) is 0 Å². The summed E-state index contributed by atoms with van der Waals surface area (Å²) in [6, 6.07) is 7.60. The number of nitrogens with zero attached hydrogens (tertiary/aromatic N) is 2. The highest BCUT2D eigenvalue weighted by Crippen LogP contribution is 2.24. The number of hydrogen-bond acceptors (Lipinski definition) is 6. The van der Waals surface area contributed by atoms with Gasteiger partial charge < -0.3 is 19.6 Å². The molecule has 24 heavy (non-hydrogen) atoms. The second-order valence-corrected chi connectivity index (χ2v) is 5.78. The van der Waals surface area contributed by atoms with Crippen molar-refractivity contribution in [3.8, 4) is 5.75 Å². The number of methoxy groups -OCH3 is 1. The molecule has 2 aliphatic heterocycles. The first-order valence-corrected chi connectivity index (χ1v) is 8.22. The molecule has 7 heteroatoms. The fraction of sp³-hybridized carbons (Fsp3) is 0.529. The standard InChI is InChI=1S/C17H23N3O4/c1-22-15-5-3-2-4-13(15)14-12-16(24-19-14)17(21)18-6-7-20-8-10-23-11-9-20/h2-5,16H,6-12H2,1H3,(H,18,21). The van der Waals surface area contributed by atoms with Crippen molar-refractivity contribution in [2.75, 3.05) is 46.5 Å². The minimum Gasteiger partial charge on any atom is -0.496 e. The SMILES string of the molecule is COc1ccccc1C1=NOC(C(=O)NCCN2CCOCC2)C1. The Morgan fingerprint density at radius 2 is 2.17 bits per heavy atom. The molecular weight excluding hydrogens is 310 g/mol. The fourth-order valence-corrected chi connectivity index (χ4v) is 2.84. The van der Waals surface area contributed by atoms with Gasteiger partial charge in [0.2, 0.25) is 6.10 Å². The van der Waals surface area contributed by atoms with Crippen LogP contribution >= 0.6 is 0 Å². The molecule has 3 rings (SSSR count). The van der Waals surface area contributed by atoms with Crippen molar-refractivity contribution in [2.24, 2.45) is 5.16 Å². The zero-order valence-corrected chi connectivity index (χ0v) is 13.9. The number of nitrogens with one attached hydrogen (secondary N) is 1. The zero-order chi connectivity index (χ0) is 16.8. The van der Waals surface area contributed by atoms with E-state index < -0.39 is 6.10 Å². The van der Waals surface area contributed by atoms with Crippen LogP contribution in [0.3, 0.4) is 0 Å². The Hall–Kier alpha value is -2.12. The third kappa shape index (κ3) is 4.04. The minimum absolute atomic E-state index is 0.128. The predicted octanol–water partition coefficient (Wildman–Crippen LogP) is 0.637. The van der Waals surface area contributed by atoms with E-state index in [2.05, 4.69) is 15.4 Å². The monoisotopic (exact) mass is 333 g/mol. The van der Waals surface area contributed by atoms with E-state index in [0.29, 0.717) is 13.0 Å². The lowest BCUT2D eigenvalue weighted by Crippen LogP contribution is -2.43. The molecule has 0 saturated carbocycles. The van der Waals surface area contributed by atoms with Gasteiger partial charge in [-0.25, -0.2) is 0 Å². The highest BCUT2D eigenvalue weighted by atomic mass is 16.6. The molecule has 0 aromatic heterocycles. The Labute approximate surface area is 141 Å². The van der Waals surface area contributed by atoms with Gasteiger partial charge in [-0.1, -0.05) is 17.3 Å². The van der Waals surface area contributed by atoms with Crippen LogP contribution in [0, 0.1) is 0 Å². The van der Waals surface area contributed by atoms with Crippen LogP contribution in [0.25, 0.3) is 0 Å². The van der Waals surface area contributed by atoms with Gasteiger partial charge in [-0.2, -0.15) is 0 Å². The van der Waals surface area contributed by atoms with Crippen LogP contribution in [-0.4, -0.2) is 69.1 Å². The topological polar surface area (TPSA) is 72.4 Å². The van der Waals surface area contributed by atoms with E-state index in [0.717, 1.165) is 49.9 Å². The van der Waals surface area contributed by atoms with Crippen molar-refractivity contribution in [3.63, 3.8) is 0 Å². The Balaban J connectivity index is 1.46. The molecule has 7 nitrogen and oxygen atoms in total. The molecule has 1 saturated heterocycles. The molecule has 0 radical (unpaired) electrons. The smallest absolute Gasteiger partial charge is 0.264 e. The molecule has 0 bridgehead atoms. The zero-order valence-electron chi connectivity index (χ0n) is 13.9. The summed E-state index contributed by atoms with van der Waals surface area (Å²) >= 11 is 0. The van der Waals surface area contributed by atoms with Gasteiger partial charge in [-0.3, -0.25) is 9.69 Å². The third-order valence-electron chi connectivity index (χ3n) is 4.21. The van der Waals surface area contributed by atoms with Gasteiger partial charge in [-0.05, 0) is 12.1 Å². The molecule has 1 aromatic carbocycles. The number of benzene rings is 1. The molecule has 1 unspecified atom stereocenters. The van der Waals surface area contributed by atoms with E-state index in [1.165, 1.54) is 0 Å². The van der Waals surface area contributed by atoms with Crippen molar-refractivity contribution in [2.45, 2.75) is 12.5 Å². The first-order valence-electron chi connectivity index (χ1n) is 8.22. The molecule has 1 amide bonds. The number of morpholine rings is 1. The minimum atomic E-state index is -0.574. The van der Waals surface area contributed by atoms with E-state index >= 15 is 0 Å². The molecule has 1 aromatic rings. The normalized spacial score (nSPS) is 21.0. The molecule has 1 fully saturated rings. The van der Waals surface area contributed by atoms with Gasteiger partial charge >= 0.3 is 0 Å². The van der Waals surface area contributed by atoms with Crippen LogP contribution in [0.2, 0.25) is 0 Å². The predicted molar refractivity (Wildman–Crippen MR) is 89.3 cm³/mol. The number of oxime groups is 1. The van der Waals surface area contributed by atoms with Crippen LogP contribution in [0.1, 0.15) is 12.0 Å². The summed E-state index contributed by atoms with van der Waals surface area (Å²) in [7, 11) is 1.62. The Kier molecular flexibility index (Phi) is 5.66. The lowest BCUT2D eigenvalue weighted by molar-refractivity contribution is -0.131. The number of hydrogen-bond donors (Lipinski definition) is 1. The highest BCUT2D eigenvalue weighted by Gasteiger charge is 2.29. The van der Waals surface area contributed by atoms with E-state index in [1.807, 2.05) is 24.3 Å². The fourth-order valence-electron chi connectivity index (χ4n) is 2.84. The van der Waals surface area contributed by atoms with E-state index in [4.69, 9.17) is 14.3 Å². The summed E-state index contributed by atoms with van der Waals surface area (Å²) in [5.41, 5.74) is 1.60. The second-order valence-electron chi connectivity index (χ2n) is 5.78. The number of carbonyl (C=O) groups is 1. The summed E-state index contributed by atoms with van der Waals surface area (Å²) in [6.45, 7) is 4.77. The highest BCUT2D eigenvalue weighted by molar-refractivity contribution is 6.05. The van der Waals surface area contributed by atoms with Crippen LogP contribution in [0.5, 0.6) is 5.75 Å². The van der Waals surface area contributed by atoms with Gasteiger partial charge in [0.1, 0.15) is 5.75 Å². The van der Waals surface area contributed by atoms with Gasteiger partial charge in [0.25, 0.3) is 5.91 Å². The number of amides is 1. The van der Waals surface area contributed by atoms with Crippen molar-refractivity contribution in [1.82, 2.24) is 10.2 Å². The maximum absolute atomic E-state index is 12.2. The van der Waals surface area contributed by atoms with Crippen molar-refractivity contribution in [1.29, 1.82) is 0 Å². The largest absolute Gasteiger partial charge is 0.496 e. The maximum Gasteiger partial charge on any atom is 0.264 e. The summed E-state index contributed by atoms with van der Waals surface area (Å²) in [6.07, 6.45) is -0.126. The molecule has 1 N–H and O–H groups in total. The Bertz CT molecular complexity index is 599. The van der Waals surface area contributed by atoms with Gasteiger partial charge in [0, 0.05) is 38.2 Å². The number of para-hydroxylation sites is 1. The molecular formula is C17H23N3O4. The molecule has 2 aliphatic rings. The number of carbonyl (C=O) groups excluding carboxylic acids is 1. The lowest BCUT2D eigenvalue weighted by Gasteiger charge is -2.26. The third-order valence-corrected chi connectivity index (χ3v) is 4.21. The van der Waals surface area contributed by atoms with Gasteiger partial charge in [-0.15, -0.1) is 0 Å². The van der Waals surface area contributed by atoms with Gasteiger partial charge in [0.05, 0.1) is 26.0 Å². The average Bonchev–Trinajstić information content (AvgIpc) is 3.12. The lowest BCUT2D eigenvalue weighted by atomic mass is 10.0. The van der Waals surface area contributed by atoms with Crippen molar-refractivity contribution in [3.05, 3.63) is 29.8 Å². The molecule has 1 atom stereocenters. The Morgan fingerprint density at radius 1 is 1.38 bits per heavy atom. The van der Waals surface area contributed by atoms with E-state index in [-0.39, 0.29) is 5.91 Å². The first kappa shape index (κ1) is 16.7. The first-order chi connectivity index (χ1) is 11.8. The Morgan fingerprint density at radius 3 is 2.96 bits per heavy atom. The van der Waals surface area contributed by atoms with Crippen molar-refractivity contribution >= 4 is 11.6 Å². The molecule has 130 valence electrons. The van der Waals surface area contributed by atoms with Crippen LogP contribution < -0.4 is 10.1 Å². The second kappa shape index (κ2) is 8.12. The summed E-state index contributed by atoms with van der Waals surface area (Å²) < 4.78 is 10.6. The van der Waals surface area contributed by atoms with Crippen LogP contribution in [-0.2, 0) is 14.4 Å². The number of ether oxygens (including phenoxy) is 2. The molecule has 2 heterocycles. The quantitative estimate of drug-likeness (QED) is 0.827. The van der Waals surface area contributed by atoms with Crippen LogP contribution in [0.4, 0.5) is 0 Å². The number of rotatable bonds is 6. The van der Waals surface area contributed by atoms with E-state index in [1.54, 1.807) is 7.11 Å². The summed E-state index contributed by atoms with van der Waals surface area (Å²) in [4.78, 5) is 19.8.